The number of carboxylic acid groups (broad SMARTS) is 1. The Hall–Kier alpha value is -2.08. The molecule has 0 radical (unpaired) electrons. The second-order valence-electron chi connectivity index (χ2n) is 7.05. The van der Waals surface area contributed by atoms with Gasteiger partial charge in [-0.3, -0.25) is 9.69 Å². The lowest BCUT2D eigenvalue weighted by Crippen LogP contribution is -2.57. The highest BCUT2D eigenvalue weighted by atomic mass is 16.4. The molecular weight excluding hydrogens is 318 g/mol. The van der Waals surface area contributed by atoms with Gasteiger partial charge in [0.1, 0.15) is 0 Å². The van der Waals surface area contributed by atoms with Crippen LogP contribution in [0.4, 0.5) is 4.79 Å². The maximum absolute atomic E-state index is 12.7. The quantitative estimate of drug-likeness (QED) is 0.858. The Morgan fingerprint density at radius 1 is 1.32 bits per heavy atom. The molecule has 6 nitrogen and oxygen atoms in total. The molecule has 1 aliphatic heterocycles. The van der Waals surface area contributed by atoms with E-state index in [4.69, 9.17) is 5.11 Å². The lowest BCUT2D eigenvalue weighted by atomic mass is 9.85. The molecule has 1 aromatic carbocycles. The molecule has 0 aromatic heterocycles. The lowest BCUT2D eigenvalue weighted by Gasteiger charge is -2.43. The highest BCUT2D eigenvalue weighted by Gasteiger charge is 2.36. The summed E-state index contributed by atoms with van der Waals surface area (Å²) in [5.74, 6) is -0.796. The SMILES string of the molecule is CCN(CC(=O)O)C1CC(NC(=O)N2CCc3ccccc3C2C)C1. The minimum absolute atomic E-state index is 0.00765. The maximum atomic E-state index is 12.7. The largest absolute Gasteiger partial charge is 0.480 e. The normalized spacial score (nSPS) is 25.2. The molecule has 1 aliphatic carbocycles. The van der Waals surface area contributed by atoms with E-state index in [0.717, 1.165) is 32.4 Å². The Morgan fingerprint density at radius 3 is 2.72 bits per heavy atom. The van der Waals surface area contributed by atoms with Crippen molar-refractivity contribution in [2.45, 2.75) is 51.2 Å². The van der Waals surface area contributed by atoms with Gasteiger partial charge in [0.25, 0.3) is 0 Å². The van der Waals surface area contributed by atoms with E-state index >= 15 is 0 Å². The number of hydrogen-bond acceptors (Lipinski definition) is 3. The highest BCUT2D eigenvalue weighted by molar-refractivity contribution is 5.75. The number of nitrogens with zero attached hydrogens (tertiary/aromatic N) is 2. The van der Waals surface area contributed by atoms with E-state index in [-0.39, 0.29) is 30.7 Å². The number of carbonyl (C=O) groups excluding carboxylic acids is 1. The average molecular weight is 345 g/mol. The van der Waals surface area contributed by atoms with Crippen molar-refractivity contribution in [2.75, 3.05) is 19.6 Å². The summed E-state index contributed by atoms with van der Waals surface area (Å²) in [5.41, 5.74) is 2.56. The van der Waals surface area contributed by atoms with Gasteiger partial charge in [0.05, 0.1) is 12.6 Å². The highest BCUT2D eigenvalue weighted by Crippen LogP contribution is 2.30. The van der Waals surface area contributed by atoms with Crippen LogP contribution in [0.1, 0.15) is 43.9 Å². The van der Waals surface area contributed by atoms with Crippen molar-refractivity contribution in [3.05, 3.63) is 35.4 Å². The standard InChI is InChI=1S/C19H27N3O3/c1-3-21(12-18(23)24)16-10-15(11-16)20-19(25)22-9-8-14-6-4-5-7-17(14)13(22)2/h4-7,13,15-16H,3,8-12H2,1-2H3,(H,20,25)(H,23,24). The molecule has 2 amide bonds. The van der Waals surface area contributed by atoms with Gasteiger partial charge in [0.15, 0.2) is 0 Å². The molecule has 0 bridgehead atoms. The second-order valence-corrected chi connectivity index (χ2v) is 7.05. The number of nitrogens with one attached hydrogen (secondary N) is 1. The average Bonchev–Trinajstić information content (AvgIpc) is 2.56. The molecular formula is C19H27N3O3. The van der Waals surface area contributed by atoms with Gasteiger partial charge in [-0.2, -0.15) is 0 Å². The number of rotatable bonds is 5. The van der Waals surface area contributed by atoms with Crippen LogP contribution in [0.15, 0.2) is 24.3 Å². The topological polar surface area (TPSA) is 72.9 Å². The summed E-state index contributed by atoms with van der Waals surface area (Å²) in [7, 11) is 0. The minimum atomic E-state index is -0.796. The number of aliphatic carboxylic acids is 1. The van der Waals surface area contributed by atoms with Crippen molar-refractivity contribution in [2.24, 2.45) is 0 Å². The van der Waals surface area contributed by atoms with Crippen molar-refractivity contribution in [3.8, 4) is 0 Å². The van der Waals surface area contributed by atoms with Crippen molar-refractivity contribution >= 4 is 12.0 Å². The summed E-state index contributed by atoms with van der Waals surface area (Å²) in [4.78, 5) is 27.4. The molecule has 1 unspecified atom stereocenters. The molecule has 3 rings (SSSR count). The molecule has 1 atom stereocenters. The van der Waals surface area contributed by atoms with Crippen LogP contribution in [0.5, 0.6) is 0 Å². The number of amides is 2. The van der Waals surface area contributed by atoms with Gasteiger partial charge >= 0.3 is 12.0 Å². The van der Waals surface area contributed by atoms with E-state index in [0.29, 0.717) is 0 Å². The third-order valence-electron chi connectivity index (χ3n) is 5.56. The van der Waals surface area contributed by atoms with Crippen LogP contribution in [-0.2, 0) is 11.2 Å². The van der Waals surface area contributed by atoms with Gasteiger partial charge in [0, 0.05) is 18.6 Å². The lowest BCUT2D eigenvalue weighted by molar-refractivity contribution is -0.139. The fourth-order valence-electron chi connectivity index (χ4n) is 3.98. The summed E-state index contributed by atoms with van der Waals surface area (Å²) in [6.07, 6.45) is 2.54. The Balaban J connectivity index is 1.52. The summed E-state index contributed by atoms with van der Waals surface area (Å²) in [5, 5.41) is 12.1. The summed E-state index contributed by atoms with van der Waals surface area (Å²) < 4.78 is 0. The third kappa shape index (κ3) is 3.79. The summed E-state index contributed by atoms with van der Waals surface area (Å²) in [6, 6.07) is 8.78. The van der Waals surface area contributed by atoms with Gasteiger partial charge in [-0.05, 0) is 43.9 Å². The van der Waals surface area contributed by atoms with Crippen LogP contribution >= 0.6 is 0 Å². The zero-order valence-electron chi connectivity index (χ0n) is 14.9. The first-order valence-electron chi connectivity index (χ1n) is 9.10. The molecule has 2 N–H and O–H groups in total. The molecule has 25 heavy (non-hydrogen) atoms. The van der Waals surface area contributed by atoms with E-state index in [1.165, 1.54) is 11.1 Å². The number of benzene rings is 1. The van der Waals surface area contributed by atoms with E-state index in [9.17, 15) is 9.59 Å². The van der Waals surface area contributed by atoms with Crippen molar-refractivity contribution in [3.63, 3.8) is 0 Å². The van der Waals surface area contributed by atoms with Crippen LogP contribution in [0, 0.1) is 0 Å². The first-order valence-corrected chi connectivity index (χ1v) is 9.10. The van der Waals surface area contributed by atoms with Gasteiger partial charge in [-0.15, -0.1) is 0 Å². The Bertz CT molecular complexity index is 643. The first kappa shape index (κ1) is 17.7. The molecule has 1 aromatic rings. The third-order valence-corrected chi connectivity index (χ3v) is 5.56. The molecule has 1 fully saturated rings. The summed E-state index contributed by atoms with van der Waals surface area (Å²) >= 11 is 0. The fourth-order valence-corrected chi connectivity index (χ4v) is 3.98. The van der Waals surface area contributed by atoms with Crippen molar-refractivity contribution < 1.29 is 14.7 Å². The monoisotopic (exact) mass is 345 g/mol. The van der Waals surface area contributed by atoms with Gasteiger partial charge in [-0.1, -0.05) is 31.2 Å². The van der Waals surface area contributed by atoms with Gasteiger partial charge in [-0.25, -0.2) is 4.79 Å². The molecule has 1 heterocycles. The molecule has 136 valence electrons. The zero-order valence-corrected chi connectivity index (χ0v) is 14.9. The fraction of sp³-hybridized carbons (Fsp3) is 0.579. The van der Waals surface area contributed by atoms with Crippen LogP contribution in [-0.4, -0.2) is 58.6 Å². The summed E-state index contributed by atoms with van der Waals surface area (Å²) in [6.45, 7) is 5.58. The van der Waals surface area contributed by atoms with E-state index < -0.39 is 5.97 Å². The number of likely N-dealkylation sites (N-methyl/N-ethyl adjacent to an activating group) is 1. The molecule has 2 aliphatic rings. The number of fused-ring (bicyclic) bond motifs is 1. The van der Waals surface area contributed by atoms with E-state index in [1.54, 1.807) is 0 Å². The molecule has 0 spiro atoms. The molecule has 6 heteroatoms. The number of hydrogen-bond donors (Lipinski definition) is 2. The smallest absolute Gasteiger partial charge is 0.318 e. The number of carboxylic acids is 1. The van der Waals surface area contributed by atoms with Gasteiger partial charge in [0.2, 0.25) is 0 Å². The van der Waals surface area contributed by atoms with Crippen LogP contribution in [0.25, 0.3) is 0 Å². The second kappa shape index (κ2) is 7.44. The van der Waals surface area contributed by atoms with Gasteiger partial charge < -0.3 is 15.3 Å². The minimum Gasteiger partial charge on any atom is -0.480 e. The Morgan fingerprint density at radius 2 is 2.04 bits per heavy atom. The Kier molecular flexibility index (Phi) is 5.27. The number of urea groups is 1. The van der Waals surface area contributed by atoms with E-state index in [1.807, 2.05) is 28.9 Å². The van der Waals surface area contributed by atoms with Crippen LogP contribution in [0.3, 0.4) is 0 Å². The van der Waals surface area contributed by atoms with Crippen molar-refractivity contribution in [1.29, 1.82) is 0 Å². The Labute approximate surface area is 148 Å². The van der Waals surface area contributed by atoms with Crippen molar-refractivity contribution in [1.82, 2.24) is 15.1 Å². The molecule has 1 saturated carbocycles. The first-order chi connectivity index (χ1) is 12.0. The predicted molar refractivity (Wildman–Crippen MR) is 95.5 cm³/mol. The maximum Gasteiger partial charge on any atom is 0.318 e. The predicted octanol–water partition coefficient (Wildman–Crippen LogP) is 2.25. The van der Waals surface area contributed by atoms with Crippen LogP contribution in [0.2, 0.25) is 0 Å². The number of carbonyl (C=O) groups is 2. The van der Waals surface area contributed by atoms with E-state index in [2.05, 4.69) is 24.4 Å². The van der Waals surface area contributed by atoms with Crippen LogP contribution < -0.4 is 5.32 Å². The molecule has 0 saturated heterocycles. The zero-order chi connectivity index (χ0) is 18.0.